The number of nitrogens with zero attached hydrogens (tertiary/aromatic N) is 2. The van der Waals surface area contributed by atoms with E-state index in [1.165, 1.54) is 37.7 Å². The molecule has 1 aliphatic carbocycles. The number of rotatable bonds is 3. The van der Waals surface area contributed by atoms with Crippen LogP contribution in [-0.4, -0.2) is 10.1 Å². The Morgan fingerprint density at radius 2 is 1.73 bits per heavy atom. The monoisotopic (exact) mass is 298 g/mol. The van der Waals surface area contributed by atoms with E-state index in [9.17, 15) is 0 Å². The molecule has 0 saturated heterocycles. The van der Waals surface area contributed by atoms with Gasteiger partial charge in [-0.1, -0.05) is 69.5 Å². The maximum Gasteiger partial charge on any atom is 0.227 e. The number of benzene rings is 1. The van der Waals surface area contributed by atoms with E-state index in [0.29, 0.717) is 5.82 Å². The molecule has 0 amide bonds. The van der Waals surface area contributed by atoms with E-state index in [0.717, 1.165) is 23.8 Å². The largest absolute Gasteiger partial charge is 0.339 e. The van der Waals surface area contributed by atoms with Crippen molar-refractivity contribution in [2.45, 2.75) is 64.7 Å². The van der Waals surface area contributed by atoms with Gasteiger partial charge in [0, 0.05) is 12.0 Å². The van der Waals surface area contributed by atoms with Crippen LogP contribution in [0.4, 0.5) is 0 Å². The Labute approximate surface area is 133 Å². The van der Waals surface area contributed by atoms with Gasteiger partial charge in [-0.2, -0.15) is 4.98 Å². The predicted molar refractivity (Wildman–Crippen MR) is 88.7 cm³/mol. The average Bonchev–Trinajstić information content (AvgIpc) is 2.96. The van der Waals surface area contributed by atoms with Crippen LogP contribution < -0.4 is 0 Å². The van der Waals surface area contributed by atoms with Gasteiger partial charge in [0.2, 0.25) is 11.7 Å². The van der Waals surface area contributed by atoms with Crippen molar-refractivity contribution in [3.05, 3.63) is 35.7 Å². The van der Waals surface area contributed by atoms with Gasteiger partial charge in [-0.15, -0.1) is 0 Å². The van der Waals surface area contributed by atoms with Crippen LogP contribution in [0, 0.1) is 5.92 Å². The van der Waals surface area contributed by atoms with Crippen molar-refractivity contribution in [3.63, 3.8) is 0 Å². The molecule has 3 nitrogen and oxygen atoms in total. The smallest absolute Gasteiger partial charge is 0.227 e. The highest BCUT2D eigenvalue weighted by molar-refractivity contribution is 5.55. The Kier molecular flexibility index (Phi) is 4.32. The molecule has 0 radical (unpaired) electrons. The summed E-state index contributed by atoms with van der Waals surface area (Å²) in [6.07, 6.45) is 7.62. The van der Waals surface area contributed by atoms with Crippen LogP contribution in [0.15, 0.2) is 28.8 Å². The third-order valence-corrected chi connectivity index (χ3v) is 4.67. The molecule has 1 saturated carbocycles. The lowest BCUT2D eigenvalue weighted by Gasteiger charge is -2.19. The second-order valence-corrected chi connectivity index (χ2v) is 7.55. The van der Waals surface area contributed by atoms with Crippen molar-refractivity contribution < 1.29 is 4.52 Å². The predicted octanol–water partition coefficient (Wildman–Crippen LogP) is 5.16. The van der Waals surface area contributed by atoms with Crippen molar-refractivity contribution in [1.82, 2.24) is 10.1 Å². The standard InChI is InChI=1S/C19H26N2O/c1-19(2,3)16-11-9-15(10-12-16)18-20-17(22-21-18)13-14-7-5-4-6-8-14/h9-12,14H,4-8,13H2,1-3H3. The van der Waals surface area contributed by atoms with Gasteiger partial charge in [-0.05, 0) is 29.7 Å². The summed E-state index contributed by atoms with van der Waals surface area (Å²) in [5.74, 6) is 2.23. The van der Waals surface area contributed by atoms with Crippen LogP contribution in [0.5, 0.6) is 0 Å². The van der Waals surface area contributed by atoms with Crippen molar-refractivity contribution >= 4 is 0 Å². The molecule has 118 valence electrons. The SMILES string of the molecule is CC(C)(C)c1ccc(-c2noc(CC3CCCCC3)n2)cc1. The highest BCUT2D eigenvalue weighted by atomic mass is 16.5. The van der Waals surface area contributed by atoms with Crippen LogP contribution in [0.2, 0.25) is 0 Å². The molecule has 1 aromatic carbocycles. The fraction of sp³-hybridized carbons (Fsp3) is 0.579. The zero-order valence-electron chi connectivity index (χ0n) is 13.9. The molecule has 0 spiro atoms. The van der Waals surface area contributed by atoms with Crippen molar-refractivity contribution in [2.75, 3.05) is 0 Å². The summed E-state index contributed by atoms with van der Waals surface area (Å²) >= 11 is 0. The molecule has 1 fully saturated rings. The maximum atomic E-state index is 5.46. The Morgan fingerprint density at radius 3 is 2.36 bits per heavy atom. The number of hydrogen-bond acceptors (Lipinski definition) is 3. The van der Waals surface area contributed by atoms with Gasteiger partial charge in [-0.25, -0.2) is 0 Å². The van der Waals surface area contributed by atoms with E-state index in [1.807, 2.05) is 0 Å². The summed E-state index contributed by atoms with van der Waals surface area (Å²) in [4.78, 5) is 4.59. The average molecular weight is 298 g/mol. The molecule has 1 aliphatic rings. The fourth-order valence-corrected chi connectivity index (χ4v) is 3.21. The minimum absolute atomic E-state index is 0.169. The first-order valence-electron chi connectivity index (χ1n) is 8.46. The molecule has 0 atom stereocenters. The normalized spacial score (nSPS) is 16.9. The van der Waals surface area contributed by atoms with Crippen LogP contribution in [0.25, 0.3) is 11.4 Å². The summed E-state index contributed by atoms with van der Waals surface area (Å²) < 4.78 is 5.46. The van der Waals surface area contributed by atoms with Gasteiger partial charge in [0.05, 0.1) is 0 Å². The summed E-state index contributed by atoms with van der Waals surface area (Å²) in [5.41, 5.74) is 2.52. The molecular weight excluding hydrogens is 272 g/mol. The summed E-state index contributed by atoms with van der Waals surface area (Å²) in [7, 11) is 0. The molecule has 1 aromatic heterocycles. The first-order chi connectivity index (χ1) is 10.5. The van der Waals surface area contributed by atoms with Crippen molar-refractivity contribution in [1.29, 1.82) is 0 Å². The molecule has 22 heavy (non-hydrogen) atoms. The molecule has 0 N–H and O–H groups in total. The first kappa shape index (κ1) is 15.3. The van der Waals surface area contributed by atoms with E-state index >= 15 is 0 Å². The molecule has 3 rings (SSSR count). The van der Waals surface area contributed by atoms with Crippen LogP contribution in [-0.2, 0) is 11.8 Å². The van der Waals surface area contributed by atoms with Gasteiger partial charge >= 0.3 is 0 Å². The minimum atomic E-state index is 0.169. The van der Waals surface area contributed by atoms with Crippen LogP contribution in [0.3, 0.4) is 0 Å². The topological polar surface area (TPSA) is 38.9 Å². The molecule has 0 aliphatic heterocycles. The Hall–Kier alpha value is -1.64. The summed E-state index contributed by atoms with van der Waals surface area (Å²) in [6, 6.07) is 8.50. The van der Waals surface area contributed by atoms with Gasteiger partial charge in [0.1, 0.15) is 0 Å². The lowest BCUT2D eigenvalue weighted by molar-refractivity contribution is 0.305. The summed E-state index contributed by atoms with van der Waals surface area (Å²) in [6.45, 7) is 6.66. The fourth-order valence-electron chi connectivity index (χ4n) is 3.21. The molecule has 2 aromatic rings. The number of hydrogen-bond donors (Lipinski definition) is 0. The quantitative estimate of drug-likeness (QED) is 0.786. The Balaban J connectivity index is 1.70. The zero-order valence-corrected chi connectivity index (χ0v) is 13.9. The van der Waals surface area contributed by atoms with Gasteiger partial charge < -0.3 is 4.52 Å². The van der Waals surface area contributed by atoms with E-state index in [2.05, 4.69) is 55.2 Å². The molecule has 3 heteroatoms. The highest BCUT2D eigenvalue weighted by Crippen LogP contribution is 2.28. The van der Waals surface area contributed by atoms with Crippen LogP contribution in [0.1, 0.15) is 64.3 Å². The third kappa shape index (κ3) is 3.57. The highest BCUT2D eigenvalue weighted by Gasteiger charge is 2.18. The number of aromatic nitrogens is 2. The molecule has 0 unspecified atom stereocenters. The van der Waals surface area contributed by atoms with Crippen LogP contribution >= 0.6 is 0 Å². The zero-order chi connectivity index (χ0) is 15.6. The van der Waals surface area contributed by atoms with Gasteiger partial charge in [-0.3, -0.25) is 0 Å². The Bertz CT molecular complexity index is 601. The van der Waals surface area contributed by atoms with E-state index in [4.69, 9.17) is 4.52 Å². The Morgan fingerprint density at radius 1 is 1.05 bits per heavy atom. The second-order valence-electron chi connectivity index (χ2n) is 7.55. The van der Waals surface area contributed by atoms with E-state index < -0.39 is 0 Å². The van der Waals surface area contributed by atoms with Gasteiger partial charge in [0.15, 0.2) is 0 Å². The third-order valence-electron chi connectivity index (χ3n) is 4.67. The molecule has 1 heterocycles. The first-order valence-corrected chi connectivity index (χ1v) is 8.46. The van der Waals surface area contributed by atoms with Crippen molar-refractivity contribution in [3.8, 4) is 11.4 Å². The van der Waals surface area contributed by atoms with E-state index in [-0.39, 0.29) is 5.41 Å². The second kappa shape index (κ2) is 6.23. The minimum Gasteiger partial charge on any atom is -0.339 e. The molecular formula is C19H26N2O. The van der Waals surface area contributed by atoms with E-state index in [1.54, 1.807) is 0 Å². The lowest BCUT2D eigenvalue weighted by atomic mass is 9.86. The lowest BCUT2D eigenvalue weighted by Crippen LogP contribution is -2.10. The van der Waals surface area contributed by atoms with Crippen molar-refractivity contribution in [2.24, 2.45) is 5.92 Å². The maximum absolute atomic E-state index is 5.46. The molecule has 0 bridgehead atoms. The van der Waals surface area contributed by atoms with Gasteiger partial charge in [0.25, 0.3) is 0 Å². The summed E-state index contributed by atoms with van der Waals surface area (Å²) in [5, 5.41) is 4.16.